The van der Waals surface area contributed by atoms with Gasteiger partial charge in [-0.15, -0.1) is 0 Å². The number of benzene rings is 2. The summed E-state index contributed by atoms with van der Waals surface area (Å²) in [4.78, 5) is 22.2. The minimum absolute atomic E-state index is 0.0255. The van der Waals surface area contributed by atoms with Gasteiger partial charge in [0.2, 0.25) is 0 Å². The Morgan fingerprint density at radius 1 is 0.936 bits per heavy atom. The molecule has 3 aromatic rings. The van der Waals surface area contributed by atoms with Crippen LogP contribution in [0.5, 0.6) is 0 Å². The number of rotatable bonds is 3. The molecule has 3 spiro atoms. The summed E-state index contributed by atoms with van der Waals surface area (Å²) in [6, 6.07) is 18.4. The van der Waals surface area contributed by atoms with E-state index in [2.05, 4.69) is 75.7 Å². The van der Waals surface area contributed by atoms with Crippen molar-refractivity contribution in [3.8, 4) is 0 Å². The first-order valence-electron chi connectivity index (χ1n) is 19.0. The summed E-state index contributed by atoms with van der Waals surface area (Å²) in [5.41, 5.74) is 9.46. The number of anilines is 1. The van der Waals surface area contributed by atoms with Gasteiger partial charge in [0.1, 0.15) is 0 Å². The van der Waals surface area contributed by atoms with Crippen LogP contribution in [0.4, 0.5) is 5.69 Å². The van der Waals surface area contributed by atoms with E-state index in [1.807, 2.05) is 0 Å². The standard InChI is InChI=1S/C41H50N4O2/c1-4-38-14-7-19-43-21-13-28-27-9-5-6-10-31(27)45(34(28)35(38)43)33(25-38)26-11-12-32-29(23-26)40-18-22-44-20-8-15-39(37(40)44)16-17-41(40,42(32)2)30(24-39)36(46)47-3/h5-6,9-12,23,30,33,35,37H,4,7-8,13-22,24-25H2,1-3H3/t30-,33-,35-,37-,38+,39-,40-,41-/m0/s1. The average molecular weight is 631 g/mol. The molecular formula is C41H50N4O2. The molecule has 7 heterocycles. The lowest BCUT2D eigenvalue weighted by atomic mass is 9.38. The lowest BCUT2D eigenvalue weighted by Gasteiger charge is -2.70. The quantitative estimate of drug-likeness (QED) is 0.292. The summed E-state index contributed by atoms with van der Waals surface area (Å²) in [5.74, 6) is -0.0369. The van der Waals surface area contributed by atoms with Crippen LogP contribution in [0.2, 0.25) is 0 Å². The van der Waals surface area contributed by atoms with Gasteiger partial charge in [-0.25, -0.2) is 0 Å². The molecule has 2 aromatic carbocycles. The highest BCUT2D eigenvalue weighted by molar-refractivity contribution is 5.87. The molecule has 0 radical (unpaired) electrons. The smallest absolute Gasteiger partial charge is 0.311 e. The molecule has 0 unspecified atom stereocenters. The van der Waals surface area contributed by atoms with Crippen molar-refractivity contribution < 1.29 is 9.53 Å². The number of hydrogen-bond donors (Lipinski definition) is 0. The van der Waals surface area contributed by atoms with Gasteiger partial charge >= 0.3 is 5.97 Å². The molecule has 6 nitrogen and oxygen atoms in total. The number of likely N-dealkylation sites (N-methyl/N-ethyl adjacent to an activating group) is 1. The van der Waals surface area contributed by atoms with Crippen LogP contribution in [-0.2, 0) is 21.4 Å². The average Bonchev–Trinajstić information content (AvgIpc) is 3.75. The molecule has 2 bridgehead atoms. The van der Waals surface area contributed by atoms with Crippen molar-refractivity contribution in [3.05, 3.63) is 64.8 Å². The zero-order chi connectivity index (χ0) is 31.5. The molecule has 47 heavy (non-hydrogen) atoms. The van der Waals surface area contributed by atoms with Gasteiger partial charge in [0, 0.05) is 47.3 Å². The van der Waals surface area contributed by atoms with Gasteiger partial charge in [0.25, 0.3) is 0 Å². The van der Waals surface area contributed by atoms with E-state index in [0.717, 1.165) is 25.8 Å². The number of ether oxygens (including phenoxy) is 1. The molecule has 6 heteroatoms. The number of hydrogen-bond acceptors (Lipinski definition) is 5. The molecule has 0 amide bonds. The minimum Gasteiger partial charge on any atom is -0.469 e. The zero-order valence-electron chi connectivity index (χ0n) is 28.6. The van der Waals surface area contributed by atoms with E-state index in [1.165, 1.54) is 93.2 Å². The number of para-hydroxylation sites is 1. The molecule has 3 saturated carbocycles. The van der Waals surface area contributed by atoms with Crippen LogP contribution in [0, 0.1) is 16.7 Å². The van der Waals surface area contributed by atoms with Crippen molar-refractivity contribution >= 4 is 22.6 Å². The summed E-state index contributed by atoms with van der Waals surface area (Å²) < 4.78 is 8.51. The first kappa shape index (κ1) is 28.1. The summed E-state index contributed by atoms with van der Waals surface area (Å²) in [7, 11) is 3.95. The maximum atomic E-state index is 13.9. The van der Waals surface area contributed by atoms with E-state index >= 15 is 0 Å². The predicted octanol–water partition coefficient (Wildman–Crippen LogP) is 6.99. The molecule has 3 saturated heterocycles. The van der Waals surface area contributed by atoms with Crippen molar-refractivity contribution in [1.29, 1.82) is 0 Å². The Hall–Kier alpha value is -2.83. The van der Waals surface area contributed by atoms with Crippen LogP contribution in [0.1, 0.15) is 106 Å². The van der Waals surface area contributed by atoms with Gasteiger partial charge in [0.05, 0.1) is 30.7 Å². The number of fused-ring (bicyclic) bond motifs is 6. The SMILES string of the molecule is CC[C@@]12CCCN3CCc4c(n(c5ccccc45)[C@H](c4ccc5c(c4)[C@]46CCN7CCC[C@@]8(CC[C@@]4([C@H](C(=O)OC)C8)N5C)[C@H]76)C1)[C@H]32. The number of aromatic nitrogens is 1. The largest absolute Gasteiger partial charge is 0.469 e. The highest BCUT2D eigenvalue weighted by atomic mass is 16.5. The number of carbonyl (C=O) groups excluding carboxylic acids is 1. The predicted molar refractivity (Wildman–Crippen MR) is 185 cm³/mol. The number of piperidine rings is 2. The highest BCUT2D eigenvalue weighted by Crippen LogP contribution is 2.76. The van der Waals surface area contributed by atoms with Gasteiger partial charge in [-0.05, 0) is 130 Å². The maximum Gasteiger partial charge on any atom is 0.311 e. The summed E-state index contributed by atoms with van der Waals surface area (Å²) in [5, 5.41) is 1.49. The van der Waals surface area contributed by atoms with Crippen LogP contribution in [0.15, 0.2) is 42.5 Å². The third-order valence-corrected chi connectivity index (χ3v) is 16.3. The topological polar surface area (TPSA) is 41.0 Å². The summed E-state index contributed by atoms with van der Waals surface area (Å²) in [6.45, 7) is 7.31. The Kier molecular flexibility index (Phi) is 5.39. The van der Waals surface area contributed by atoms with Crippen molar-refractivity contribution in [3.63, 3.8) is 0 Å². The van der Waals surface area contributed by atoms with E-state index < -0.39 is 0 Å². The Bertz CT molecular complexity index is 1860. The van der Waals surface area contributed by atoms with Gasteiger partial charge in [-0.1, -0.05) is 37.3 Å². The normalized spacial score (nSPS) is 41.0. The van der Waals surface area contributed by atoms with Gasteiger partial charge in [0.15, 0.2) is 0 Å². The second kappa shape index (κ2) is 9.04. The summed E-state index contributed by atoms with van der Waals surface area (Å²) in [6.07, 6.45) is 13.3. The fourth-order valence-electron chi connectivity index (χ4n) is 14.8. The Morgan fingerprint density at radius 2 is 1.79 bits per heavy atom. The molecular weight excluding hydrogens is 580 g/mol. The van der Waals surface area contributed by atoms with Gasteiger partial charge < -0.3 is 14.2 Å². The molecule has 8 atom stereocenters. The van der Waals surface area contributed by atoms with Crippen molar-refractivity contribution in [2.75, 3.05) is 45.2 Å². The Morgan fingerprint density at radius 3 is 2.66 bits per heavy atom. The summed E-state index contributed by atoms with van der Waals surface area (Å²) >= 11 is 0. The van der Waals surface area contributed by atoms with Gasteiger partial charge in [-0.3, -0.25) is 14.6 Å². The number of esters is 1. The Balaban J connectivity index is 1.15. The Labute approximate surface area is 279 Å². The van der Waals surface area contributed by atoms with E-state index in [9.17, 15) is 4.79 Å². The van der Waals surface area contributed by atoms with E-state index in [1.54, 1.807) is 23.9 Å². The zero-order valence-corrected chi connectivity index (χ0v) is 28.6. The fourth-order valence-corrected chi connectivity index (χ4v) is 14.8. The molecule has 9 aliphatic rings. The molecule has 0 N–H and O–H groups in total. The fraction of sp³-hybridized carbons (Fsp3) is 0.634. The van der Waals surface area contributed by atoms with Crippen molar-refractivity contribution in [2.24, 2.45) is 16.7 Å². The van der Waals surface area contributed by atoms with Crippen LogP contribution >= 0.6 is 0 Å². The molecule has 3 aliphatic carbocycles. The van der Waals surface area contributed by atoms with E-state index in [0.29, 0.717) is 23.5 Å². The van der Waals surface area contributed by atoms with Crippen LogP contribution in [-0.4, -0.2) is 72.3 Å². The number of carbonyl (C=O) groups is 1. The number of methoxy groups -OCH3 is 1. The van der Waals surface area contributed by atoms with Crippen LogP contribution in [0.25, 0.3) is 10.9 Å². The lowest BCUT2D eigenvalue weighted by molar-refractivity contribution is -0.174. The lowest BCUT2D eigenvalue weighted by Crippen LogP contribution is -2.78. The minimum atomic E-state index is -0.203. The van der Waals surface area contributed by atoms with Gasteiger partial charge in [-0.2, -0.15) is 0 Å². The molecule has 1 aromatic heterocycles. The second-order valence-corrected chi connectivity index (χ2v) is 17.1. The third-order valence-electron chi connectivity index (χ3n) is 16.3. The van der Waals surface area contributed by atoms with E-state index in [4.69, 9.17) is 4.74 Å². The number of nitrogens with zero attached hydrogens (tertiary/aromatic N) is 4. The highest BCUT2D eigenvalue weighted by Gasteiger charge is 2.80. The second-order valence-electron chi connectivity index (χ2n) is 17.1. The monoisotopic (exact) mass is 630 g/mol. The molecule has 12 rings (SSSR count). The maximum absolute atomic E-state index is 13.9. The first-order valence-corrected chi connectivity index (χ1v) is 19.0. The van der Waals surface area contributed by atoms with Crippen molar-refractivity contribution in [2.45, 2.75) is 107 Å². The third kappa shape index (κ3) is 2.96. The van der Waals surface area contributed by atoms with Crippen LogP contribution < -0.4 is 4.90 Å². The molecule has 6 aliphatic heterocycles. The first-order chi connectivity index (χ1) is 22.9. The van der Waals surface area contributed by atoms with E-state index in [-0.39, 0.29) is 28.3 Å². The molecule has 246 valence electrons. The van der Waals surface area contributed by atoms with Crippen molar-refractivity contribution in [1.82, 2.24) is 14.4 Å². The molecule has 6 fully saturated rings. The van der Waals surface area contributed by atoms with Crippen LogP contribution in [0.3, 0.4) is 0 Å².